The van der Waals surface area contributed by atoms with Gasteiger partial charge in [-0.25, -0.2) is 4.98 Å². The first-order valence-electron chi connectivity index (χ1n) is 4.85. The largest absolute Gasteiger partial charge is 0.370 e. The van der Waals surface area contributed by atoms with Gasteiger partial charge in [0.05, 0.1) is 0 Å². The number of aryl methyl sites for hydroxylation is 1. The fourth-order valence-electron chi connectivity index (χ4n) is 1.06. The van der Waals surface area contributed by atoms with Crippen LogP contribution in [0.15, 0.2) is 18.3 Å². The Labute approximate surface area is 80.4 Å². The van der Waals surface area contributed by atoms with E-state index in [9.17, 15) is 0 Å². The van der Waals surface area contributed by atoms with Crippen molar-refractivity contribution in [1.29, 1.82) is 0 Å². The second-order valence-electron chi connectivity index (χ2n) is 3.83. The minimum atomic E-state index is 0.748. The summed E-state index contributed by atoms with van der Waals surface area (Å²) >= 11 is 0. The molecule has 2 nitrogen and oxygen atoms in total. The van der Waals surface area contributed by atoms with E-state index in [1.165, 1.54) is 12.0 Å². The van der Waals surface area contributed by atoms with Gasteiger partial charge in [0.1, 0.15) is 5.82 Å². The lowest BCUT2D eigenvalue weighted by molar-refractivity contribution is 0.606. The van der Waals surface area contributed by atoms with Crippen LogP contribution in [0.5, 0.6) is 0 Å². The molecule has 0 amide bonds. The number of pyridine rings is 1. The summed E-state index contributed by atoms with van der Waals surface area (Å²) in [5.74, 6) is 1.73. The monoisotopic (exact) mass is 178 g/mol. The van der Waals surface area contributed by atoms with Crippen molar-refractivity contribution in [2.45, 2.75) is 27.2 Å². The molecule has 0 aromatic carbocycles. The van der Waals surface area contributed by atoms with Crippen LogP contribution >= 0.6 is 0 Å². The fourth-order valence-corrected chi connectivity index (χ4v) is 1.06. The standard InChI is InChI=1S/C11H18N2/c1-9(2)6-7-12-11-5-4-10(3)8-13-11/h4-5,8-9H,6-7H2,1-3H3,(H,12,13). The highest BCUT2D eigenvalue weighted by Gasteiger charge is 1.94. The van der Waals surface area contributed by atoms with Crippen molar-refractivity contribution in [3.05, 3.63) is 23.9 Å². The number of nitrogens with one attached hydrogen (secondary N) is 1. The summed E-state index contributed by atoms with van der Waals surface area (Å²) in [5, 5.41) is 3.29. The van der Waals surface area contributed by atoms with Crippen molar-refractivity contribution in [3.8, 4) is 0 Å². The van der Waals surface area contributed by atoms with E-state index in [0.717, 1.165) is 18.3 Å². The average molecular weight is 178 g/mol. The minimum absolute atomic E-state index is 0.748. The zero-order valence-corrected chi connectivity index (χ0v) is 8.67. The Bertz CT molecular complexity index is 239. The molecule has 0 aliphatic carbocycles. The van der Waals surface area contributed by atoms with Crippen LogP contribution in [0.25, 0.3) is 0 Å². The molecule has 0 aliphatic rings. The molecule has 1 aromatic rings. The van der Waals surface area contributed by atoms with Gasteiger partial charge in [-0.05, 0) is 30.9 Å². The van der Waals surface area contributed by atoms with Crippen LogP contribution in [0, 0.1) is 12.8 Å². The zero-order chi connectivity index (χ0) is 9.68. The van der Waals surface area contributed by atoms with Crippen molar-refractivity contribution in [2.75, 3.05) is 11.9 Å². The van der Waals surface area contributed by atoms with Crippen molar-refractivity contribution < 1.29 is 0 Å². The van der Waals surface area contributed by atoms with Gasteiger partial charge >= 0.3 is 0 Å². The van der Waals surface area contributed by atoms with Crippen molar-refractivity contribution in [2.24, 2.45) is 5.92 Å². The van der Waals surface area contributed by atoms with Gasteiger partial charge in [0.15, 0.2) is 0 Å². The molecule has 0 aliphatic heterocycles. The molecular formula is C11H18N2. The van der Waals surface area contributed by atoms with Gasteiger partial charge < -0.3 is 5.32 Å². The lowest BCUT2D eigenvalue weighted by Gasteiger charge is -2.07. The first kappa shape index (κ1) is 10.0. The van der Waals surface area contributed by atoms with Gasteiger partial charge in [-0.1, -0.05) is 19.9 Å². The average Bonchev–Trinajstić information content (AvgIpc) is 2.08. The topological polar surface area (TPSA) is 24.9 Å². The Morgan fingerprint density at radius 3 is 2.69 bits per heavy atom. The third kappa shape index (κ3) is 3.92. The fraction of sp³-hybridized carbons (Fsp3) is 0.545. The van der Waals surface area contributed by atoms with E-state index >= 15 is 0 Å². The third-order valence-electron chi connectivity index (χ3n) is 1.94. The summed E-state index contributed by atoms with van der Waals surface area (Å²) in [7, 11) is 0. The van der Waals surface area contributed by atoms with Crippen LogP contribution in [0.4, 0.5) is 5.82 Å². The van der Waals surface area contributed by atoms with Gasteiger partial charge in [0.2, 0.25) is 0 Å². The number of aromatic nitrogens is 1. The molecule has 1 N–H and O–H groups in total. The molecule has 1 aromatic heterocycles. The SMILES string of the molecule is Cc1ccc(NCCC(C)C)nc1. The summed E-state index contributed by atoms with van der Waals surface area (Å²) in [6.45, 7) is 7.51. The van der Waals surface area contributed by atoms with Crippen LogP contribution in [-0.2, 0) is 0 Å². The molecule has 2 heteroatoms. The number of hydrogen-bond donors (Lipinski definition) is 1. The Kier molecular flexibility index (Phi) is 3.74. The Hall–Kier alpha value is -1.05. The second-order valence-corrected chi connectivity index (χ2v) is 3.83. The maximum atomic E-state index is 4.26. The second kappa shape index (κ2) is 4.85. The normalized spacial score (nSPS) is 10.5. The first-order valence-corrected chi connectivity index (χ1v) is 4.85. The number of hydrogen-bond acceptors (Lipinski definition) is 2. The van der Waals surface area contributed by atoms with E-state index < -0.39 is 0 Å². The molecule has 1 heterocycles. The molecule has 0 radical (unpaired) electrons. The van der Waals surface area contributed by atoms with Gasteiger partial charge in [-0.15, -0.1) is 0 Å². The summed E-state index contributed by atoms with van der Waals surface area (Å²) in [6, 6.07) is 4.10. The third-order valence-corrected chi connectivity index (χ3v) is 1.94. The van der Waals surface area contributed by atoms with E-state index in [0.29, 0.717) is 0 Å². The summed E-state index contributed by atoms with van der Waals surface area (Å²) < 4.78 is 0. The van der Waals surface area contributed by atoms with E-state index in [1.54, 1.807) is 0 Å². The summed E-state index contributed by atoms with van der Waals surface area (Å²) in [5.41, 5.74) is 1.20. The van der Waals surface area contributed by atoms with Gasteiger partial charge in [0.25, 0.3) is 0 Å². The van der Waals surface area contributed by atoms with Crippen LogP contribution in [0.2, 0.25) is 0 Å². The van der Waals surface area contributed by atoms with Gasteiger partial charge in [-0.3, -0.25) is 0 Å². The predicted molar refractivity (Wildman–Crippen MR) is 56.9 cm³/mol. The molecule has 13 heavy (non-hydrogen) atoms. The maximum Gasteiger partial charge on any atom is 0.125 e. The Balaban J connectivity index is 2.33. The lowest BCUT2D eigenvalue weighted by atomic mass is 10.1. The van der Waals surface area contributed by atoms with Crippen LogP contribution in [0.1, 0.15) is 25.8 Å². The number of nitrogens with zero attached hydrogens (tertiary/aromatic N) is 1. The first-order chi connectivity index (χ1) is 6.18. The van der Waals surface area contributed by atoms with Crippen LogP contribution in [0.3, 0.4) is 0 Å². The van der Waals surface area contributed by atoms with E-state index in [-0.39, 0.29) is 0 Å². The minimum Gasteiger partial charge on any atom is -0.370 e. The molecule has 0 fully saturated rings. The van der Waals surface area contributed by atoms with Crippen molar-refractivity contribution in [3.63, 3.8) is 0 Å². The molecule has 72 valence electrons. The summed E-state index contributed by atoms with van der Waals surface area (Å²) in [6.07, 6.45) is 3.08. The van der Waals surface area contributed by atoms with Crippen LogP contribution < -0.4 is 5.32 Å². The van der Waals surface area contributed by atoms with Crippen molar-refractivity contribution >= 4 is 5.82 Å². The van der Waals surface area contributed by atoms with Gasteiger partial charge in [-0.2, -0.15) is 0 Å². The van der Waals surface area contributed by atoms with E-state index in [2.05, 4.69) is 30.2 Å². The Morgan fingerprint density at radius 1 is 1.38 bits per heavy atom. The molecular weight excluding hydrogens is 160 g/mol. The highest BCUT2D eigenvalue weighted by molar-refractivity contribution is 5.34. The highest BCUT2D eigenvalue weighted by Crippen LogP contribution is 2.05. The van der Waals surface area contributed by atoms with Gasteiger partial charge in [0, 0.05) is 12.7 Å². The highest BCUT2D eigenvalue weighted by atomic mass is 15.0. The predicted octanol–water partition coefficient (Wildman–Crippen LogP) is 2.85. The quantitative estimate of drug-likeness (QED) is 0.766. The lowest BCUT2D eigenvalue weighted by Crippen LogP contribution is -2.05. The molecule has 0 atom stereocenters. The molecule has 0 unspecified atom stereocenters. The van der Waals surface area contributed by atoms with Crippen molar-refractivity contribution in [1.82, 2.24) is 4.98 Å². The van der Waals surface area contributed by atoms with E-state index in [4.69, 9.17) is 0 Å². The van der Waals surface area contributed by atoms with E-state index in [1.807, 2.05) is 19.2 Å². The molecule has 0 saturated carbocycles. The molecule has 0 saturated heterocycles. The molecule has 0 bridgehead atoms. The number of anilines is 1. The molecule has 1 rings (SSSR count). The zero-order valence-electron chi connectivity index (χ0n) is 8.67. The number of rotatable bonds is 4. The Morgan fingerprint density at radius 2 is 2.15 bits per heavy atom. The maximum absolute atomic E-state index is 4.26. The molecule has 0 spiro atoms. The smallest absolute Gasteiger partial charge is 0.125 e. The van der Waals surface area contributed by atoms with Crippen LogP contribution in [-0.4, -0.2) is 11.5 Å². The summed E-state index contributed by atoms with van der Waals surface area (Å²) in [4.78, 5) is 4.26.